The lowest BCUT2D eigenvalue weighted by Crippen LogP contribution is -1.90. The maximum absolute atomic E-state index is 9.69. The van der Waals surface area contributed by atoms with E-state index in [2.05, 4.69) is 16.0 Å². The molecule has 0 saturated heterocycles. The molecule has 0 bridgehead atoms. The molecule has 0 aliphatic carbocycles. The predicted octanol–water partition coefficient (Wildman–Crippen LogP) is 4.29. The molecule has 0 aliphatic rings. The van der Waals surface area contributed by atoms with E-state index in [1.807, 2.05) is 42.5 Å². The number of nitriles is 1. The van der Waals surface area contributed by atoms with Gasteiger partial charge in [0.1, 0.15) is 11.8 Å². The van der Waals surface area contributed by atoms with Crippen LogP contribution in [0, 0.1) is 11.3 Å². The molecule has 2 aromatic heterocycles. The van der Waals surface area contributed by atoms with E-state index in [4.69, 9.17) is 9.15 Å². The van der Waals surface area contributed by atoms with Gasteiger partial charge < -0.3 is 14.1 Å². The van der Waals surface area contributed by atoms with Crippen LogP contribution in [0.4, 0.5) is 0 Å². The third kappa shape index (κ3) is 2.64. The highest BCUT2D eigenvalue weighted by Gasteiger charge is 2.17. The number of oxazole rings is 1. The first-order chi connectivity index (χ1) is 12.3. The number of aromatic nitrogens is 2. The number of benzene rings is 2. The average molecular weight is 329 g/mol. The Morgan fingerprint density at radius 1 is 1.24 bits per heavy atom. The van der Waals surface area contributed by atoms with Crippen molar-refractivity contribution >= 4 is 10.9 Å². The largest absolute Gasteiger partial charge is 0.496 e. The third-order valence-corrected chi connectivity index (χ3v) is 4.23. The van der Waals surface area contributed by atoms with Gasteiger partial charge in [0.15, 0.2) is 12.2 Å². The fourth-order valence-corrected chi connectivity index (χ4v) is 3.05. The molecule has 1 N–H and O–H groups in total. The van der Waals surface area contributed by atoms with Gasteiger partial charge in [0.05, 0.1) is 30.0 Å². The van der Waals surface area contributed by atoms with Crippen LogP contribution in [-0.4, -0.2) is 17.1 Å². The van der Waals surface area contributed by atoms with E-state index in [0.717, 1.165) is 27.7 Å². The van der Waals surface area contributed by atoms with E-state index in [1.54, 1.807) is 13.3 Å². The Morgan fingerprint density at radius 3 is 2.76 bits per heavy atom. The summed E-state index contributed by atoms with van der Waals surface area (Å²) in [4.78, 5) is 7.32. The number of hydrogen-bond acceptors (Lipinski definition) is 4. The minimum Gasteiger partial charge on any atom is -0.496 e. The van der Waals surface area contributed by atoms with E-state index in [0.29, 0.717) is 23.5 Å². The second-order valence-electron chi connectivity index (χ2n) is 5.72. The summed E-state index contributed by atoms with van der Waals surface area (Å²) in [6, 6.07) is 16.2. The number of H-pyrrole nitrogens is 1. The van der Waals surface area contributed by atoms with Crippen molar-refractivity contribution in [1.82, 2.24) is 9.97 Å². The molecule has 0 unspecified atom stereocenters. The lowest BCUT2D eigenvalue weighted by Gasteiger charge is -2.06. The smallest absolute Gasteiger partial charge is 0.181 e. The standard InChI is InChI=1S/C20H15N3O2/c1-24-19-9-18-14(8-15(19)20-11-22-12-25-20)16(10-21)17(23-18)7-13-5-3-2-4-6-13/h2-6,8-9,11-12,23H,7H2,1H3. The minimum absolute atomic E-state index is 0.605. The van der Waals surface area contributed by atoms with Gasteiger partial charge in [0.25, 0.3) is 0 Å². The van der Waals surface area contributed by atoms with Crippen molar-refractivity contribution in [2.75, 3.05) is 7.11 Å². The summed E-state index contributed by atoms with van der Waals surface area (Å²) in [7, 11) is 1.61. The Kier molecular flexibility index (Phi) is 3.71. The number of ether oxygens (including phenoxy) is 1. The molecule has 0 fully saturated rings. The van der Waals surface area contributed by atoms with Crippen LogP contribution in [0.2, 0.25) is 0 Å². The second kappa shape index (κ2) is 6.17. The first kappa shape index (κ1) is 15.0. The van der Waals surface area contributed by atoms with Gasteiger partial charge in [-0.1, -0.05) is 30.3 Å². The van der Waals surface area contributed by atoms with Crippen LogP contribution in [-0.2, 0) is 6.42 Å². The quantitative estimate of drug-likeness (QED) is 0.606. The molecule has 0 spiro atoms. The Labute approximate surface area is 144 Å². The molecule has 0 radical (unpaired) electrons. The zero-order valence-corrected chi connectivity index (χ0v) is 13.6. The van der Waals surface area contributed by atoms with Gasteiger partial charge in [-0.2, -0.15) is 5.26 Å². The zero-order chi connectivity index (χ0) is 17.2. The molecule has 25 heavy (non-hydrogen) atoms. The molecule has 0 saturated carbocycles. The molecule has 0 atom stereocenters. The fraction of sp³-hybridized carbons (Fsp3) is 0.100. The first-order valence-corrected chi connectivity index (χ1v) is 7.85. The number of fused-ring (bicyclic) bond motifs is 1. The van der Waals surface area contributed by atoms with Gasteiger partial charge in [-0.05, 0) is 11.6 Å². The van der Waals surface area contributed by atoms with Crippen LogP contribution >= 0.6 is 0 Å². The Hall–Kier alpha value is -3.52. The van der Waals surface area contributed by atoms with E-state index < -0.39 is 0 Å². The summed E-state index contributed by atoms with van der Waals surface area (Å²) in [5.74, 6) is 1.27. The summed E-state index contributed by atoms with van der Waals surface area (Å²) in [6.45, 7) is 0. The van der Waals surface area contributed by atoms with Gasteiger partial charge in [-0.15, -0.1) is 0 Å². The number of aromatic amines is 1. The molecule has 0 amide bonds. The molecule has 122 valence electrons. The predicted molar refractivity (Wildman–Crippen MR) is 94.3 cm³/mol. The maximum Gasteiger partial charge on any atom is 0.181 e. The third-order valence-electron chi connectivity index (χ3n) is 4.23. The number of nitrogens with one attached hydrogen (secondary N) is 1. The lowest BCUT2D eigenvalue weighted by molar-refractivity contribution is 0.415. The highest BCUT2D eigenvalue weighted by molar-refractivity contribution is 5.93. The number of rotatable bonds is 4. The highest BCUT2D eigenvalue weighted by atomic mass is 16.5. The summed E-state index contributed by atoms with van der Waals surface area (Å²) in [5, 5.41) is 10.5. The molecule has 4 rings (SSSR count). The van der Waals surface area contributed by atoms with Crippen molar-refractivity contribution in [3.63, 3.8) is 0 Å². The highest BCUT2D eigenvalue weighted by Crippen LogP contribution is 2.36. The van der Waals surface area contributed by atoms with Crippen molar-refractivity contribution in [1.29, 1.82) is 5.26 Å². The van der Waals surface area contributed by atoms with Gasteiger partial charge >= 0.3 is 0 Å². The number of methoxy groups -OCH3 is 1. The molecule has 4 aromatic rings. The van der Waals surface area contributed by atoms with Crippen molar-refractivity contribution in [3.8, 4) is 23.1 Å². The lowest BCUT2D eigenvalue weighted by atomic mass is 10.0. The molecule has 2 heterocycles. The zero-order valence-electron chi connectivity index (χ0n) is 13.6. The van der Waals surface area contributed by atoms with Crippen LogP contribution in [0.3, 0.4) is 0 Å². The monoisotopic (exact) mass is 329 g/mol. The average Bonchev–Trinajstić information content (AvgIpc) is 3.28. The van der Waals surface area contributed by atoms with Gasteiger partial charge in [-0.25, -0.2) is 4.98 Å². The number of hydrogen-bond donors (Lipinski definition) is 1. The normalized spacial score (nSPS) is 10.7. The Balaban J connectivity index is 1.88. The van der Waals surface area contributed by atoms with E-state index in [-0.39, 0.29) is 0 Å². The van der Waals surface area contributed by atoms with Crippen LogP contribution in [0.1, 0.15) is 16.8 Å². The van der Waals surface area contributed by atoms with E-state index in [1.165, 1.54) is 6.39 Å². The summed E-state index contributed by atoms with van der Waals surface area (Å²) in [6.07, 6.45) is 3.67. The van der Waals surface area contributed by atoms with Crippen molar-refractivity contribution in [3.05, 3.63) is 71.9 Å². The summed E-state index contributed by atoms with van der Waals surface area (Å²) in [5.41, 5.74) is 4.31. The molecule has 2 aromatic carbocycles. The first-order valence-electron chi connectivity index (χ1n) is 7.85. The molecule has 0 aliphatic heterocycles. The SMILES string of the molecule is COc1cc2[nH]c(Cc3ccccc3)c(C#N)c2cc1-c1cnco1. The summed E-state index contributed by atoms with van der Waals surface area (Å²) < 4.78 is 10.9. The number of nitrogens with zero attached hydrogens (tertiary/aromatic N) is 2. The second-order valence-corrected chi connectivity index (χ2v) is 5.72. The maximum atomic E-state index is 9.69. The van der Waals surface area contributed by atoms with Crippen LogP contribution < -0.4 is 4.74 Å². The van der Waals surface area contributed by atoms with Crippen LogP contribution in [0.5, 0.6) is 5.75 Å². The summed E-state index contributed by atoms with van der Waals surface area (Å²) >= 11 is 0. The topological polar surface area (TPSA) is 74.8 Å². The molecular formula is C20H15N3O2. The van der Waals surface area contributed by atoms with Crippen LogP contribution in [0.15, 0.2) is 59.5 Å². The minimum atomic E-state index is 0.605. The van der Waals surface area contributed by atoms with Crippen molar-refractivity contribution < 1.29 is 9.15 Å². The van der Waals surface area contributed by atoms with Gasteiger partial charge in [-0.3, -0.25) is 0 Å². The molecule has 5 nitrogen and oxygen atoms in total. The van der Waals surface area contributed by atoms with Crippen molar-refractivity contribution in [2.45, 2.75) is 6.42 Å². The van der Waals surface area contributed by atoms with Gasteiger partial charge in [0.2, 0.25) is 0 Å². The Bertz CT molecular complexity index is 1060. The molecular weight excluding hydrogens is 314 g/mol. The Morgan fingerprint density at radius 2 is 2.08 bits per heavy atom. The van der Waals surface area contributed by atoms with E-state index >= 15 is 0 Å². The van der Waals surface area contributed by atoms with E-state index in [9.17, 15) is 5.26 Å². The van der Waals surface area contributed by atoms with Gasteiger partial charge in [0, 0.05) is 23.6 Å². The molecule has 5 heteroatoms. The van der Waals surface area contributed by atoms with Crippen molar-refractivity contribution in [2.24, 2.45) is 0 Å². The van der Waals surface area contributed by atoms with Crippen LogP contribution in [0.25, 0.3) is 22.2 Å². The fourth-order valence-electron chi connectivity index (χ4n) is 3.05.